The van der Waals surface area contributed by atoms with Crippen LogP contribution in [0, 0.1) is 29.1 Å². The van der Waals surface area contributed by atoms with E-state index < -0.39 is 0 Å². The van der Waals surface area contributed by atoms with Crippen LogP contribution in [-0.2, 0) is 9.59 Å². The maximum atomic E-state index is 8.81. The summed E-state index contributed by atoms with van der Waals surface area (Å²) in [5, 5.41) is 3.28. The predicted octanol–water partition coefficient (Wildman–Crippen LogP) is 16.2. The molecule has 0 amide bonds. The Morgan fingerprint density at radius 3 is 1.25 bits per heavy atom. The molecule has 0 rings (SSSR count). The van der Waals surface area contributed by atoms with Gasteiger partial charge in [0.15, 0.2) is 0 Å². The van der Waals surface area contributed by atoms with E-state index in [4.69, 9.17) is 9.59 Å². The zero-order valence-corrected chi connectivity index (χ0v) is 38.3. The molecular formula is C48H101NO2. The number of hydrogen-bond donors (Lipinski definition) is 1. The van der Waals surface area contributed by atoms with Crippen molar-refractivity contribution in [3.63, 3.8) is 0 Å². The van der Waals surface area contributed by atoms with Gasteiger partial charge >= 0.3 is 0 Å². The Morgan fingerprint density at radius 1 is 0.569 bits per heavy atom. The quantitative estimate of drug-likeness (QED) is 0.0497. The van der Waals surface area contributed by atoms with Gasteiger partial charge in [-0.1, -0.05) is 217 Å². The third-order valence-corrected chi connectivity index (χ3v) is 11.1. The van der Waals surface area contributed by atoms with Gasteiger partial charge in [0.25, 0.3) is 0 Å². The highest BCUT2D eigenvalue weighted by Gasteiger charge is 2.30. The van der Waals surface area contributed by atoms with Crippen molar-refractivity contribution in [3.05, 3.63) is 12.2 Å². The number of aldehydes is 1. The first-order valence-electron chi connectivity index (χ1n) is 22.3. The number of carbonyl (C=O) groups excluding carboxylic acids is 2. The monoisotopic (exact) mass is 724 g/mol. The van der Waals surface area contributed by atoms with Crippen LogP contribution in [-0.4, -0.2) is 25.7 Å². The van der Waals surface area contributed by atoms with Gasteiger partial charge in [-0.15, -0.1) is 0 Å². The minimum Gasteiger partial charge on any atom is -0.314 e. The van der Waals surface area contributed by atoms with E-state index in [9.17, 15) is 0 Å². The van der Waals surface area contributed by atoms with Crippen LogP contribution in [0.3, 0.4) is 0 Å². The molecule has 0 fully saturated rings. The molecule has 0 aliphatic carbocycles. The number of allylic oxidation sites excluding steroid dienone is 2. The molecule has 0 aliphatic rings. The average molecular weight is 724 g/mol. The summed E-state index contributed by atoms with van der Waals surface area (Å²) in [4.78, 5) is 16.8. The first-order valence-corrected chi connectivity index (χ1v) is 22.3. The normalized spacial score (nSPS) is 13.5. The van der Waals surface area contributed by atoms with Crippen LogP contribution < -0.4 is 5.32 Å². The summed E-state index contributed by atoms with van der Waals surface area (Å²) >= 11 is 0. The Balaban J connectivity index is -0.000000368. The zero-order chi connectivity index (χ0) is 40.4. The Hall–Kier alpha value is -0.960. The maximum absolute atomic E-state index is 8.81. The summed E-state index contributed by atoms with van der Waals surface area (Å²) in [6.45, 7) is 33.1. The highest BCUT2D eigenvalue weighted by Crippen LogP contribution is 2.28. The summed E-state index contributed by atoms with van der Waals surface area (Å²) in [5.74, 6) is 3.58. The number of carbonyl (C=O) groups is 2. The maximum Gasteiger partial charge on any atom is 0.116 e. The van der Waals surface area contributed by atoms with Crippen molar-refractivity contribution in [2.45, 2.75) is 250 Å². The summed E-state index contributed by atoms with van der Waals surface area (Å²) < 4.78 is 0. The van der Waals surface area contributed by atoms with E-state index in [0.717, 1.165) is 30.0 Å². The number of unbranched alkanes of at least 4 members (excludes halogenated alkanes) is 14. The third kappa shape index (κ3) is 47.0. The third-order valence-electron chi connectivity index (χ3n) is 11.1. The van der Waals surface area contributed by atoms with Crippen molar-refractivity contribution in [2.75, 3.05) is 7.05 Å². The minimum atomic E-state index is 0.229. The Morgan fingerprint density at radius 2 is 0.902 bits per heavy atom. The highest BCUT2D eigenvalue weighted by molar-refractivity contribution is 5.44. The first kappa shape index (κ1) is 59.3. The molecule has 51 heavy (non-hydrogen) atoms. The van der Waals surface area contributed by atoms with Gasteiger partial charge in [0.2, 0.25) is 0 Å². The molecular weight excluding hydrogens is 623 g/mol. The van der Waals surface area contributed by atoms with Gasteiger partial charge in [-0.05, 0) is 76.2 Å². The minimum absolute atomic E-state index is 0.229. The standard InChI is InChI=1S/C35H70.C8H19N.C2H4O.C2H6.CH2O/c1-7-9-11-15-20-26-32(3)27-21-16-13-17-22-28-33(4)29-23-18-14-19-25-31-35(6)34(5)30-24-12-10-8-2;1-7(2,3)8(4,5)9-6;1-2-3;2*1-2/h20,26,32-35H,7-19,21-25,27-31H2,1-6H3;9H,1-6H3;2H,1H3;1-2H3;1H2/b26-20+;;;;. The van der Waals surface area contributed by atoms with E-state index in [1.807, 2.05) is 27.7 Å². The van der Waals surface area contributed by atoms with E-state index in [2.05, 4.69) is 93.6 Å². The Labute approximate surface area is 325 Å². The van der Waals surface area contributed by atoms with Crippen LogP contribution in [0.2, 0.25) is 0 Å². The predicted molar refractivity (Wildman–Crippen MR) is 236 cm³/mol. The van der Waals surface area contributed by atoms with Gasteiger partial charge in [0.05, 0.1) is 0 Å². The van der Waals surface area contributed by atoms with E-state index in [-0.39, 0.29) is 5.54 Å². The molecule has 0 bridgehead atoms. The first-order chi connectivity index (χ1) is 24.2. The molecule has 0 aromatic rings. The van der Waals surface area contributed by atoms with Gasteiger partial charge < -0.3 is 14.9 Å². The fraction of sp³-hybridized carbons (Fsp3) is 0.917. The SMILES string of the molecule is C=O.CC.CC=O.CCCCC/C=C/C(C)CCCCCCCC(C)CCCCCCCC(C)C(C)CCCCCC.CNC(C)(C)C(C)(C)C. The van der Waals surface area contributed by atoms with Crippen molar-refractivity contribution in [3.8, 4) is 0 Å². The lowest BCUT2D eigenvalue weighted by atomic mass is 9.76. The van der Waals surface area contributed by atoms with E-state index in [0.29, 0.717) is 5.41 Å². The summed E-state index contributed by atoms with van der Waals surface area (Å²) in [6, 6.07) is 0. The van der Waals surface area contributed by atoms with Crippen LogP contribution in [0.15, 0.2) is 12.2 Å². The van der Waals surface area contributed by atoms with Gasteiger partial charge in [-0.3, -0.25) is 0 Å². The lowest BCUT2D eigenvalue weighted by Gasteiger charge is -2.38. The largest absolute Gasteiger partial charge is 0.314 e. The van der Waals surface area contributed by atoms with Gasteiger partial charge in [0, 0.05) is 5.54 Å². The van der Waals surface area contributed by atoms with Crippen LogP contribution >= 0.6 is 0 Å². The van der Waals surface area contributed by atoms with Gasteiger partial charge in [-0.2, -0.15) is 0 Å². The van der Waals surface area contributed by atoms with Gasteiger partial charge in [-0.25, -0.2) is 0 Å². The van der Waals surface area contributed by atoms with Crippen LogP contribution in [0.5, 0.6) is 0 Å². The fourth-order valence-corrected chi connectivity index (χ4v) is 5.90. The Kier molecular flexibility index (Phi) is 52.6. The molecule has 3 heteroatoms. The molecule has 0 aromatic heterocycles. The van der Waals surface area contributed by atoms with E-state index in [1.165, 1.54) is 155 Å². The molecule has 0 saturated carbocycles. The second kappa shape index (κ2) is 45.2. The molecule has 4 unspecified atom stereocenters. The van der Waals surface area contributed by atoms with Crippen LogP contribution in [0.4, 0.5) is 0 Å². The van der Waals surface area contributed by atoms with Crippen molar-refractivity contribution in [1.82, 2.24) is 5.32 Å². The lowest BCUT2D eigenvalue weighted by Crippen LogP contribution is -2.47. The summed E-state index contributed by atoms with van der Waals surface area (Å²) in [7, 11) is 2.01. The highest BCUT2D eigenvalue weighted by atomic mass is 16.1. The molecule has 310 valence electrons. The number of rotatable bonds is 28. The fourth-order valence-electron chi connectivity index (χ4n) is 5.90. The smallest absolute Gasteiger partial charge is 0.116 e. The average Bonchev–Trinajstić information content (AvgIpc) is 3.10. The lowest BCUT2D eigenvalue weighted by molar-refractivity contribution is -0.106. The zero-order valence-electron chi connectivity index (χ0n) is 38.3. The Bertz CT molecular complexity index is 665. The molecule has 1 N–H and O–H groups in total. The number of nitrogens with one attached hydrogen (secondary N) is 1. The molecule has 0 radical (unpaired) electrons. The molecule has 0 heterocycles. The van der Waals surface area contributed by atoms with Crippen LogP contribution in [0.25, 0.3) is 0 Å². The van der Waals surface area contributed by atoms with Crippen molar-refractivity contribution in [2.24, 2.45) is 29.1 Å². The summed E-state index contributed by atoms with van der Waals surface area (Å²) in [6.07, 6.45) is 38.5. The second-order valence-electron chi connectivity index (χ2n) is 16.9. The van der Waals surface area contributed by atoms with Crippen LogP contribution in [0.1, 0.15) is 245 Å². The van der Waals surface area contributed by atoms with E-state index in [1.54, 1.807) is 0 Å². The number of hydrogen-bond acceptors (Lipinski definition) is 3. The van der Waals surface area contributed by atoms with Crippen molar-refractivity contribution in [1.29, 1.82) is 0 Å². The topological polar surface area (TPSA) is 46.2 Å². The van der Waals surface area contributed by atoms with Crippen molar-refractivity contribution < 1.29 is 9.59 Å². The molecule has 0 spiro atoms. The molecule has 3 nitrogen and oxygen atoms in total. The molecule has 0 aliphatic heterocycles. The van der Waals surface area contributed by atoms with E-state index >= 15 is 0 Å². The summed E-state index contributed by atoms with van der Waals surface area (Å²) in [5.41, 5.74) is 0.564. The molecule has 4 atom stereocenters. The molecule has 0 saturated heterocycles. The van der Waals surface area contributed by atoms with Gasteiger partial charge in [0.1, 0.15) is 13.1 Å². The van der Waals surface area contributed by atoms with Crippen molar-refractivity contribution >= 4 is 13.1 Å². The molecule has 0 aromatic carbocycles. The second-order valence-corrected chi connectivity index (χ2v) is 16.9.